The molecule has 0 spiro atoms. The molecule has 3 aliphatic rings. The van der Waals surface area contributed by atoms with Crippen LogP contribution >= 0.6 is 0 Å². The maximum Gasteiger partial charge on any atom is 0.326 e. The maximum absolute atomic E-state index is 13.3. The average Bonchev–Trinajstić information content (AvgIpc) is 3.25. The smallest absolute Gasteiger partial charge is 0.326 e. The van der Waals surface area contributed by atoms with Gasteiger partial charge in [0.05, 0.1) is 0 Å². The Morgan fingerprint density at radius 3 is 2.70 bits per heavy atom. The molecule has 1 aliphatic carbocycles. The molecule has 0 aromatic heterocycles. The molecule has 144 valence electrons. The molecule has 3 atom stereocenters. The Kier molecular flexibility index (Phi) is 4.89. The highest BCUT2D eigenvalue weighted by Crippen LogP contribution is 2.40. The van der Waals surface area contributed by atoms with Gasteiger partial charge in [0.1, 0.15) is 6.04 Å². The minimum atomic E-state index is -0.906. The quantitative estimate of drug-likeness (QED) is 0.884. The van der Waals surface area contributed by atoms with E-state index >= 15 is 0 Å². The second kappa shape index (κ2) is 7.33. The molecule has 6 nitrogen and oxygen atoms in total. The number of nitrogens with zero attached hydrogens (tertiary/aromatic N) is 2. The fraction of sp³-hybridized carbons (Fsp3) is 0.571. The summed E-state index contributed by atoms with van der Waals surface area (Å²) >= 11 is 0. The van der Waals surface area contributed by atoms with Crippen LogP contribution in [0.15, 0.2) is 24.3 Å². The molecule has 0 radical (unpaired) electrons. The Balaban J connectivity index is 1.56. The molecule has 1 N–H and O–H groups in total. The Morgan fingerprint density at radius 1 is 1.15 bits per heavy atom. The van der Waals surface area contributed by atoms with Crippen LogP contribution in [0.3, 0.4) is 0 Å². The lowest BCUT2D eigenvalue weighted by molar-refractivity contribution is -0.141. The second-order valence-electron chi connectivity index (χ2n) is 8.03. The van der Waals surface area contributed by atoms with E-state index in [0.29, 0.717) is 30.9 Å². The van der Waals surface area contributed by atoms with Gasteiger partial charge in [-0.3, -0.25) is 9.59 Å². The van der Waals surface area contributed by atoms with E-state index in [0.717, 1.165) is 44.2 Å². The van der Waals surface area contributed by atoms with E-state index in [2.05, 4.69) is 0 Å². The highest BCUT2D eigenvalue weighted by Gasteiger charge is 2.47. The SMILES string of the molecule is O=C(O)[C@@H]1C[C@H]2CCCC[C@H]2N1C(=O)c1cccc(CN2CCCC2=O)c1. The molecule has 0 bridgehead atoms. The summed E-state index contributed by atoms with van der Waals surface area (Å²) in [5.41, 5.74) is 1.44. The summed E-state index contributed by atoms with van der Waals surface area (Å²) < 4.78 is 0. The predicted octanol–water partition coefficient (Wildman–Crippen LogP) is 2.67. The maximum atomic E-state index is 13.3. The molecular formula is C21H26N2O4. The zero-order valence-corrected chi connectivity index (χ0v) is 15.5. The van der Waals surface area contributed by atoms with Crippen LogP contribution in [0.1, 0.15) is 60.9 Å². The second-order valence-corrected chi connectivity index (χ2v) is 8.03. The first-order valence-corrected chi connectivity index (χ1v) is 9.97. The van der Waals surface area contributed by atoms with Crippen LogP contribution in [0.5, 0.6) is 0 Å². The largest absolute Gasteiger partial charge is 0.480 e. The third-order valence-electron chi connectivity index (χ3n) is 6.33. The molecule has 2 amide bonds. The standard InChI is InChI=1S/C21H26N2O4/c24-19-9-4-10-22(19)13-14-5-3-7-16(11-14)20(25)23-17-8-2-1-6-15(17)12-18(23)21(26)27/h3,5,7,11,15,17-18H,1-2,4,6,8-10,12-13H2,(H,26,27)/t15-,17-,18+/m1/s1. The molecule has 2 saturated heterocycles. The molecule has 4 rings (SSSR count). The van der Waals surface area contributed by atoms with Crippen LogP contribution in [0, 0.1) is 5.92 Å². The van der Waals surface area contributed by atoms with Crippen molar-refractivity contribution >= 4 is 17.8 Å². The van der Waals surface area contributed by atoms with Gasteiger partial charge in [0.15, 0.2) is 0 Å². The zero-order chi connectivity index (χ0) is 19.0. The number of carbonyl (C=O) groups is 3. The summed E-state index contributed by atoms with van der Waals surface area (Å²) in [5.74, 6) is -0.639. The first-order valence-electron chi connectivity index (χ1n) is 9.97. The van der Waals surface area contributed by atoms with Crippen molar-refractivity contribution in [2.24, 2.45) is 5.92 Å². The first-order chi connectivity index (χ1) is 13.0. The molecule has 1 saturated carbocycles. The normalized spacial score (nSPS) is 27.7. The molecule has 27 heavy (non-hydrogen) atoms. The topological polar surface area (TPSA) is 77.9 Å². The molecule has 2 aliphatic heterocycles. The van der Waals surface area contributed by atoms with E-state index in [1.807, 2.05) is 23.1 Å². The highest BCUT2D eigenvalue weighted by atomic mass is 16.4. The van der Waals surface area contributed by atoms with Gasteiger partial charge in [-0.2, -0.15) is 0 Å². The first kappa shape index (κ1) is 18.0. The summed E-state index contributed by atoms with van der Waals surface area (Å²) in [6.07, 6.45) is 6.11. The van der Waals surface area contributed by atoms with E-state index in [4.69, 9.17) is 0 Å². The minimum absolute atomic E-state index is 0.0381. The Hall–Kier alpha value is -2.37. The van der Waals surface area contributed by atoms with Gasteiger partial charge in [-0.1, -0.05) is 25.0 Å². The van der Waals surface area contributed by atoms with Crippen LogP contribution in [0.4, 0.5) is 0 Å². The number of hydrogen-bond donors (Lipinski definition) is 1. The van der Waals surface area contributed by atoms with E-state index in [1.54, 1.807) is 11.0 Å². The van der Waals surface area contributed by atoms with E-state index in [9.17, 15) is 19.5 Å². The number of rotatable bonds is 4. The lowest BCUT2D eigenvalue weighted by Gasteiger charge is -2.33. The lowest BCUT2D eigenvalue weighted by Crippen LogP contribution is -2.46. The van der Waals surface area contributed by atoms with Crippen molar-refractivity contribution in [1.82, 2.24) is 9.80 Å². The summed E-state index contributed by atoms with van der Waals surface area (Å²) in [6, 6.07) is 6.64. The number of benzene rings is 1. The van der Waals surface area contributed by atoms with Crippen molar-refractivity contribution in [3.8, 4) is 0 Å². The predicted molar refractivity (Wildman–Crippen MR) is 99.0 cm³/mol. The molecule has 1 aromatic carbocycles. The van der Waals surface area contributed by atoms with Crippen molar-refractivity contribution in [2.75, 3.05) is 6.54 Å². The van der Waals surface area contributed by atoms with E-state index in [1.165, 1.54) is 0 Å². The van der Waals surface area contributed by atoms with Crippen molar-refractivity contribution in [3.05, 3.63) is 35.4 Å². The van der Waals surface area contributed by atoms with Crippen LogP contribution in [-0.2, 0) is 16.1 Å². The monoisotopic (exact) mass is 370 g/mol. The lowest BCUT2D eigenvalue weighted by atomic mass is 9.84. The Labute approximate surface area is 159 Å². The van der Waals surface area contributed by atoms with Crippen molar-refractivity contribution in [2.45, 2.75) is 63.6 Å². The van der Waals surface area contributed by atoms with Gasteiger partial charge in [0, 0.05) is 31.1 Å². The molecule has 2 heterocycles. The molecule has 1 aromatic rings. The van der Waals surface area contributed by atoms with Gasteiger partial charge in [-0.05, 0) is 49.3 Å². The van der Waals surface area contributed by atoms with Gasteiger partial charge in [0.25, 0.3) is 5.91 Å². The average molecular weight is 370 g/mol. The number of aliphatic carboxylic acids is 1. The fourth-order valence-electron chi connectivity index (χ4n) is 5.02. The number of carboxylic acids is 1. The van der Waals surface area contributed by atoms with Gasteiger partial charge >= 0.3 is 5.97 Å². The summed E-state index contributed by atoms with van der Waals surface area (Å²) in [6.45, 7) is 1.27. The summed E-state index contributed by atoms with van der Waals surface area (Å²) in [5, 5.41) is 9.66. The van der Waals surface area contributed by atoms with Crippen molar-refractivity contribution in [1.29, 1.82) is 0 Å². The van der Waals surface area contributed by atoms with Crippen LogP contribution in [0.2, 0.25) is 0 Å². The Morgan fingerprint density at radius 2 is 1.96 bits per heavy atom. The van der Waals surface area contributed by atoms with Crippen LogP contribution in [0.25, 0.3) is 0 Å². The number of fused-ring (bicyclic) bond motifs is 1. The van der Waals surface area contributed by atoms with Gasteiger partial charge in [-0.25, -0.2) is 4.79 Å². The van der Waals surface area contributed by atoms with Crippen molar-refractivity contribution in [3.63, 3.8) is 0 Å². The number of carboxylic acid groups (broad SMARTS) is 1. The molecule has 0 unspecified atom stereocenters. The van der Waals surface area contributed by atoms with Crippen LogP contribution < -0.4 is 0 Å². The Bertz CT molecular complexity index is 762. The van der Waals surface area contributed by atoms with E-state index in [-0.39, 0.29) is 17.9 Å². The van der Waals surface area contributed by atoms with Gasteiger partial charge in [-0.15, -0.1) is 0 Å². The third-order valence-corrected chi connectivity index (χ3v) is 6.33. The zero-order valence-electron chi connectivity index (χ0n) is 15.5. The molecule has 3 fully saturated rings. The fourth-order valence-corrected chi connectivity index (χ4v) is 5.02. The number of hydrogen-bond acceptors (Lipinski definition) is 3. The summed E-state index contributed by atoms with van der Waals surface area (Å²) in [4.78, 5) is 40.4. The number of carbonyl (C=O) groups excluding carboxylic acids is 2. The van der Waals surface area contributed by atoms with Crippen molar-refractivity contribution < 1.29 is 19.5 Å². The third kappa shape index (κ3) is 3.45. The van der Waals surface area contributed by atoms with E-state index < -0.39 is 12.0 Å². The van der Waals surface area contributed by atoms with Gasteiger partial charge < -0.3 is 14.9 Å². The van der Waals surface area contributed by atoms with Crippen LogP contribution in [-0.4, -0.2) is 51.3 Å². The number of amides is 2. The van der Waals surface area contributed by atoms with Gasteiger partial charge in [0.2, 0.25) is 5.91 Å². The summed E-state index contributed by atoms with van der Waals surface area (Å²) in [7, 11) is 0. The minimum Gasteiger partial charge on any atom is -0.480 e. The molecular weight excluding hydrogens is 344 g/mol. The highest BCUT2D eigenvalue weighted by molar-refractivity contribution is 5.97. The number of likely N-dealkylation sites (tertiary alicyclic amines) is 2. The molecule has 6 heteroatoms.